The van der Waals surface area contributed by atoms with Crippen LogP contribution in [0.4, 0.5) is 0 Å². The van der Waals surface area contributed by atoms with Crippen molar-refractivity contribution >= 4 is 17.2 Å². The molecule has 0 saturated carbocycles. The second-order valence-electron chi connectivity index (χ2n) is 5.31. The molecule has 1 aliphatic rings. The van der Waals surface area contributed by atoms with E-state index in [1.807, 2.05) is 15.6 Å². The highest BCUT2D eigenvalue weighted by atomic mass is 32.1. The summed E-state index contributed by atoms with van der Waals surface area (Å²) in [5.41, 5.74) is 2.67. The first kappa shape index (κ1) is 13.3. The van der Waals surface area contributed by atoms with Crippen LogP contribution < -0.4 is 0 Å². The third kappa shape index (κ3) is 2.35. The summed E-state index contributed by atoms with van der Waals surface area (Å²) in [6.07, 6.45) is 3.94. The monoisotopic (exact) mass is 313 g/mol. The fraction of sp³-hybridized carbons (Fsp3) is 0.250. The smallest absolute Gasteiger partial charge is 0.257 e. The molecule has 0 atom stereocenters. The van der Waals surface area contributed by atoms with Gasteiger partial charge in [0.15, 0.2) is 0 Å². The molecule has 112 valence electrons. The minimum Gasteiger partial charge on any atom is -0.472 e. The van der Waals surface area contributed by atoms with Crippen LogP contribution in [0.5, 0.6) is 0 Å². The van der Waals surface area contributed by atoms with Gasteiger partial charge in [0.25, 0.3) is 5.91 Å². The molecule has 3 aromatic rings. The Hall–Kier alpha value is -2.34. The van der Waals surface area contributed by atoms with E-state index in [2.05, 4.69) is 22.6 Å². The van der Waals surface area contributed by atoms with Gasteiger partial charge in [-0.05, 0) is 30.0 Å². The van der Waals surface area contributed by atoms with Gasteiger partial charge < -0.3 is 9.32 Å². The maximum absolute atomic E-state index is 12.5. The van der Waals surface area contributed by atoms with E-state index in [9.17, 15) is 4.79 Å². The molecule has 4 heterocycles. The van der Waals surface area contributed by atoms with E-state index in [1.54, 1.807) is 17.4 Å². The van der Waals surface area contributed by atoms with Gasteiger partial charge in [-0.3, -0.25) is 9.48 Å². The van der Waals surface area contributed by atoms with E-state index >= 15 is 0 Å². The molecular weight excluding hydrogens is 298 g/mol. The van der Waals surface area contributed by atoms with Crippen molar-refractivity contribution < 1.29 is 9.21 Å². The molecule has 4 rings (SSSR count). The van der Waals surface area contributed by atoms with Gasteiger partial charge in [0.2, 0.25) is 0 Å². The summed E-state index contributed by atoms with van der Waals surface area (Å²) in [7, 11) is 0. The average molecular weight is 313 g/mol. The zero-order valence-corrected chi connectivity index (χ0v) is 12.8. The zero-order valence-electron chi connectivity index (χ0n) is 11.9. The maximum atomic E-state index is 12.5. The highest BCUT2D eigenvalue weighted by Crippen LogP contribution is 2.26. The molecule has 0 aromatic carbocycles. The Kier molecular flexibility index (Phi) is 3.31. The molecule has 0 radical (unpaired) electrons. The summed E-state index contributed by atoms with van der Waals surface area (Å²) < 4.78 is 7.04. The van der Waals surface area contributed by atoms with E-state index in [4.69, 9.17) is 4.42 Å². The van der Waals surface area contributed by atoms with Crippen LogP contribution in [0, 0.1) is 0 Å². The minimum atomic E-state index is 0.0149. The van der Waals surface area contributed by atoms with Crippen LogP contribution in [0.25, 0.3) is 10.6 Å². The van der Waals surface area contributed by atoms with Gasteiger partial charge in [0.05, 0.1) is 28.9 Å². The predicted molar refractivity (Wildman–Crippen MR) is 83.6 cm³/mol. The summed E-state index contributed by atoms with van der Waals surface area (Å²) in [6, 6.07) is 7.90. The number of carbonyl (C=O) groups is 1. The number of amides is 1. The second kappa shape index (κ2) is 5.46. The summed E-state index contributed by atoms with van der Waals surface area (Å²) in [5, 5.41) is 6.73. The summed E-state index contributed by atoms with van der Waals surface area (Å²) >= 11 is 1.68. The predicted octanol–water partition coefficient (Wildman–Crippen LogP) is 3.25. The molecule has 1 amide bonds. The third-order valence-corrected chi connectivity index (χ3v) is 4.74. The fourth-order valence-corrected chi connectivity index (χ4v) is 3.43. The highest BCUT2D eigenvalue weighted by molar-refractivity contribution is 7.13. The molecule has 0 fully saturated rings. The molecule has 0 saturated heterocycles. The lowest BCUT2D eigenvalue weighted by Crippen LogP contribution is -2.30. The lowest BCUT2D eigenvalue weighted by atomic mass is 10.2. The summed E-state index contributed by atoms with van der Waals surface area (Å²) in [6.45, 7) is 2.17. The number of nitrogens with zero attached hydrogens (tertiary/aromatic N) is 3. The standard InChI is InChI=1S/C16H15N3O2S/c20-16(12-4-7-21-11-12)18-5-2-6-19-13(10-18)9-14(17-19)15-3-1-8-22-15/h1,3-4,7-9,11H,2,5-6,10H2. The van der Waals surface area contributed by atoms with Gasteiger partial charge in [0, 0.05) is 13.1 Å². The average Bonchev–Trinajstić information content (AvgIpc) is 3.26. The number of thiophene rings is 1. The molecule has 0 aliphatic carbocycles. The topological polar surface area (TPSA) is 51.3 Å². The Bertz CT molecular complexity index is 775. The van der Waals surface area contributed by atoms with Crippen LogP contribution in [0.15, 0.2) is 46.6 Å². The van der Waals surface area contributed by atoms with Gasteiger partial charge in [-0.1, -0.05) is 6.07 Å². The first-order chi connectivity index (χ1) is 10.8. The Morgan fingerprint density at radius 1 is 1.32 bits per heavy atom. The van der Waals surface area contributed by atoms with Gasteiger partial charge in [-0.15, -0.1) is 11.3 Å². The maximum Gasteiger partial charge on any atom is 0.257 e. The van der Waals surface area contributed by atoms with Crippen molar-refractivity contribution in [3.05, 3.63) is 53.4 Å². The molecule has 22 heavy (non-hydrogen) atoms. The minimum absolute atomic E-state index is 0.0149. The summed E-state index contributed by atoms with van der Waals surface area (Å²) in [4.78, 5) is 15.5. The number of aromatic nitrogens is 2. The first-order valence-corrected chi connectivity index (χ1v) is 8.11. The lowest BCUT2D eigenvalue weighted by Gasteiger charge is -2.18. The van der Waals surface area contributed by atoms with Crippen molar-refractivity contribution in [1.82, 2.24) is 14.7 Å². The molecule has 0 unspecified atom stereocenters. The first-order valence-electron chi connectivity index (χ1n) is 7.23. The Morgan fingerprint density at radius 2 is 2.27 bits per heavy atom. The van der Waals surface area contributed by atoms with Gasteiger partial charge >= 0.3 is 0 Å². The zero-order chi connectivity index (χ0) is 14.9. The van der Waals surface area contributed by atoms with Crippen molar-refractivity contribution in [2.24, 2.45) is 0 Å². The van der Waals surface area contributed by atoms with Gasteiger partial charge in [-0.25, -0.2) is 0 Å². The van der Waals surface area contributed by atoms with Crippen LogP contribution >= 0.6 is 11.3 Å². The second-order valence-corrected chi connectivity index (χ2v) is 6.26. The van der Waals surface area contributed by atoms with E-state index in [0.29, 0.717) is 12.1 Å². The summed E-state index contributed by atoms with van der Waals surface area (Å²) in [5.74, 6) is 0.0149. The van der Waals surface area contributed by atoms with Crippen LogP contribution in [0.1, 0.15) is 22.5 Å². The van der Waals surface area contributed by atoms with Crippen molar-refractivity contribution in [1.29, 1.82) is 0 Å². The number of aryl methyl sites for hydroxylation is 1. The molecular formula is C16H15N3O2S. The van der Waals surface area contributed by atoms with Crippen molar-refractivity contribution in [3.8, 4) is 10.6 Å². The lowest BCUT2D eigenvalue weighted by molar-refractivity contribution is 0.0745. The van der Waals surface area contributed by atoms with E-state index in [1.165, 1.54) is 12.5 Å². The van der Waals surface area contributed by atoms with Crippen molar-refractivity contribution in [2.45, 2.75) is 19.5 Å². The van der Waals surface area contributed by atoms with Crippen LogP contribution in [0.3, 0.4) is 0 Å². The van der Waals surface area contributed by atoms with Crippen LogP contribution in [0.2, 0.25) is 0 Å². The number of rotatable bonds is 2. The quantitative estimate of drug-likeness (QED) is 0.730. The van der Waals surface area contributed by atoms with E-state index < -0.39 is 0 Å². The molecule has 0 N–H and O–H groups in total. The normalized spacial score (nSPS) is 14.6. The van der Waals surface area contributed by atoms with Crippen LogP contribution in [-0.4, -0.2) is 27.1 Å². The Morgan fingerprint density at radius 3 is 3.05 bits per heavy atom. The highest BCUT2D eigenvalue weighted by Gasteiger charge is 2.22. The number of fused-ring (bicyclic) bond motifs is 1. The largest absolute Gasteiger partial charge is 0.472 e. The van der Waals surface area contributed by atoms with Crippen molar-refractivity contribution in [3.63, 3.8) is 0 Å². The number of carbonyl (C=O) groups excluding carboxylic acids is 1. The van der Waals surface area contributed by atoms with Crippen LogP contribution in [-0.2, 0) is 13.1 Å². The Balaban J connectivity index is 1.61. The molecule has 3 aromatic heterocycles. The number of hydrogen-bond acceptors (Lipinski definition) is 4. The molecule has 5 nitrogen and oxygen atoms in total. The molecule has 6 heteroatoms. The van der Waals surface area contributed by atoms with Gasteiger partial charge in [0.1, 0.15) is 12.0 Å². The Labute approximate surface area is 131 Å². The molecule has 0 spiro atoms. The SMILES string of the molecule is O=C(c1ccoc1)N1CCCn2nc(-c3cccs3)cc2C1. The van der Waals surface area contributed by atoms with E-state index in [0.717, 1.165) is 35.8 Å². The van der Waals surface area contributed by atoms with E-state index in [-0.39, 0.29) is 5.91 Å². The molecule has 1 aliphatic heterocycles. The van der Waals surface area contributed by atoms with Crippen molar-refractivity contribution in [2.75, 3.05) is 6.54 Å². The number of hydrogen-bond donors (Lipinski definition) is 0. The number of furan rings is 1. The third-order valence-electron chi connectivity index (χ3n) is 3.84. The fourth-order valence-electron chi connectivity index (χ4n) is 2.75. The van der Waals surface area contributed by atoms with Gasteiger partial charge in [-0.2, -0.15) is 5.10 Å². The molecule has 0 bridgehead atoms.